The summed E-state index contributed by atoms with van der Waals surface area (Å²) in [4.78, 5) is 16.2. The summed E-state index contributed by atoms with van der Waals surface area (Å²) in [6.45, 7) is 9.40. The van der Waals surface area contributed by atoms with Crippen LogP contribution >= 0.6 is 0 Å². The SMILES string of the molecule is CCC[C@@H](CCO)Nc1nc(N)nc2cnn(Cc3cnc(C4CCN(C(C)C)CC4)cc3OC)c12. The van der Waals surface area contributed by atoms with Crippen molar-refractivity contribution in [2.24, 2.45) is 0 Å². The number of fused-ring (bicyclic) bond motifs is 1. The molecule has 1 aliphatic rings. The number of nitrogens with zero attached hydrogens (tertiary/aromatic N) is 6. The molecule has 4 rings (SSSR count). The number of nitrogens with one attached hydrogen (secondary N) is 1. The number of hydrogen-bond donors (Lipinski definition) is 3. The van der Waals surface area contributed by atoms with Crippen LogP contribution in [0.2, 0.25) is 0 Å². The Balaban J connectivity index is 1.59. The van der Waals surface area contributed by atoms with E-state index >= 15 is 0 Å². The Kier molecular flexibility index (Phi) is 8.58. The second kappa shape index (κ2) is 11.8. The minimum absolute atomic E-state index is 0.0819. The van der Waals surface area contributed by atoms with Crippen LogP contribution in [0.4, 0.5) is 11.8 Å². The van der Waals surface area contributed by atoms with E-state index in [1.807, 2.05) is 10.9 Å². The first kappa shape index (κ1) is 26.1. The zero-order chi connectivity index (χ0) is 25.7. The van der Waals surface area contributed by atoms with Crippen molar-refractivity contribution in [2.45, 2.75) is 77.4 Å². The standard InChI is InChI=1S/C26H40N8O2/c1-5-6-20(9-12-35)30-25-24-22(31-26(27)32-25)15-29-34(24)16-19-14-28-21(13-23(19)36-4)18-7-10-33(11-8-18)17(2)3/h13-15,17-18,20,35H,5-12,16H2,1-4H3,(H3,27,30,31,32)/t20-/m0/s1. The van der Waals surface area contributed by atoms with Gasteiger partial charge in [0.25, 0.3) is 0 Å². The fourth-order valence-electron chi connectivity index (χ4n) is 5.11. The van der Waals surface area contributed by atoms with E-state index < -0.39 is 0 Å². The third-order valence-electron chi connectivity index (χ3n) is 7.14. The number of likely N-dealkylation sites (tertiary alicyclic amines) is 1. The molecular weight excluding hydrogens is 456 g/mol. The Labute approximate surface area is 213 Å². The van der Waals surface area contributed by atoms with Crippen molar-refractivity contribution in [3.8, 4) is 5.75 Å². The van der Waals surface area contributed by atoms with Crippen LogP contribution in [0.1, 0.15) is 70.1 Å². The van der Waals surface area contributed by atoms with Gasteiger partial charge in [0.1, 0.15) is 16.8 Å². The average molecular weight is 497 g/mol. The normalized spacial score (nSPS) is 16.1. The average Bonchev–Trinajstić information content (AvgIpc) is 3.27. The van der Waals surface area contributed by atoms with Gasteiger partial charge in [-0.2, -0.15) is 10.1 Å². The van der Waals surface area contributed by atoms with Crippen LogP contribution in [0, 0.1) is 0 Å². The maximum atomic E-state index is 9.49. The van der Waals surface area contributed by atoms with Crippen molar-refractivity contribution in [1.29, 1.82) is 0 Å². The molecule has 4 heterocycles. The van der Waals surface area contributed by atoms with E-state index in [2.05, 4.69) is 52.1 Å². The van der Waals surface area contributed by atoms with Crippen LogP contribution in [0.25, 0.3) is 11.0 Å². The lowest BCUT2D eigenvalue weighted by molar-refractivity contribution is 0.170. The number of hydrogen-bond acceptors (Lipinski definition) is 9. The second-order valence-electron chi connectivity index (χ2n) is 9.93. The summed E-state index contributed by atoms with van der Waals surface area (Å²) in [6, 6.07) is 2.75. The topological polar surface area (TPSA) is 127 Å². The molecule has 3 aromatic rings. The van der Waals surface area contributed by atoms with E-state index in [0.29, 0.717) is 36.3 Å². The highest BCUT2D eigenvalue weighted by atomic mass is 16.5. The lowest BCUT2D eigenvalue weighted by Crippen LogP contribution is -2.38. The van der Waals surface area contributed by atoms with Gasteiger partial charge in [-0.1, -0.05) is 13.3 Å². The number of nitrogen functional groups attached to an aromatic ring is 1. The van der Waals surface area contributed by atoms with Crippen molar-refractivity contribution >= 4 is 22.8 Å². The molecule has 10 heteroatoms. The van der Waals surface area contributed by atoms with Crippen LogP contribution in [0.15, 0.2) is 18.5 Å². The molecular formula is C26H40N8O2. The number of anilines is 2. The summed E-state index contributed by atoms with van der Waals surface area (Å²) in [5.74, 6) is 2.07. The number of aliphatic hydroxyl groups is 1. The molecule has 36 heavy (non-hydrogen) atoms. The number of aromatic nitrogens is 5. The van der Waals surface area contributed by atoms with Gasteiger partial charge < -0.3 is 25.8 Å². The van der Waals surface area contributed by atoms with Crippen LogP contribution in [0.3, 0.4) is 0 Å². The van der Waals surface area contributed by atoms with Gasteiger partial charge in [-0.15, -0.1) is 0 Å². The van der Waals surface area contributed by atoms with Crippen LogP contribution in [0.5, 0.6) is 5.75 Å². The number of nitrogens with two attached hydrogens (primary N) is 1. The van der Waals surface area contributed by atoms with E-state index in [-0.39, 0.29) is 18.6 Å². The van der Waals surface area contributed by atoms with Gasteiger partial charge in [-0.05, 0) is 52.6 Å². The smallest absolute Gasteiger partial charge is 0.222 e. The molecule has 0 bridgehead atoms. The highest BCUT2D eigenvalue weighted by Gasteiger charge is 2.24. The summed E-state index contributed by atoms with van der Waals surface area (Å²) >= 11 is 0. The van der Waals surface area contributed by atoms with Gasteiger partial charge in [0.2, 0.25) is 5.95 Å². The molecule has 1 atom stereocenters. The van der Waals surface area contributed by atoms with E-state index in [9.17, 15) is 5.11 Å². The lowest BCUT2D eigenvalue weighted by Gasteiger charge is -2.34. The minimum Gasteiger partial charge on any atom is -0.496 e. The molecule has 0 amide bonds. The first-order valence-corrected chi connectivity index (χ1v) is 13.1. The molecule has 0 unspecified atom stereocenters. The Hall–Kier alpha value is -2.98. The Morgan fingerprint density at radius 1 is 1.19 bits per heavy atom. The largest absolute Gasteiger partial charge is 0.496 e. The lowest BCUT2D eigenvalue weighted by atomic mass is 9.92. The monoisotopic (exact) mass is 496 g/mol. The highest BCUT2D eigenvalue weighted by molar-refractivity contribution is 5.86. The van der Waals surface area contributed by atoms with E-state index in [1.54, 1.807) is 13.3 Å². The summed E-state index contributed by atoms with van der Waals surface area (Å²) in [6.07, 6.45) is 8.37. The molecule has 0 aliphatic carbocycles. The second-order valence-corrected chi connectivity index (χ2v) is 9.93. The first-order valence-electron chi connectivity index (χ1n) is 13.1. The fraction of sp³-hybridized carbons (Fsp3) is 0.615. The molecule has 196 valence electrons. The third-order valence-corrected chi connectivity index (χ3v) is 7.14. The quantitative estimate of drug-likeness (QED) is 0.366. The maximum absolute atomic E-state index is 9.49. The van der Waals surface area contributed by atoms with Crippen LogP contribution in [-0.4, -0.2) is 73.6 Å². The number of ether oxygens (including phenoxy) is 1. The molecule has 10 nitrogen and oxygen atoms in total. The van der Waals surface area contributed by atoms with E-state index in [1.165, 1.54) is 0 Å². The summed E-state index contributed by atoms with van der Waals surface area (Å²) in [5.41, 5.74) is 9.46. The Morgan fingerprint density at radius 3 is 2.64 bits per heavy atom. The third kappa shape index (κ3) is 5.87. The zero-order valence-electron chi connectivity index (χ0n) is 21.9. The summed E-state index contributed by atoms with van der Waals surface area (Å²) in [5, 5.41) is 17.5. The molecule has 1 saturated heterocycles. The Bertz CT molecular complexity index is 1130. The van der Waals surface area contributed by atoms with Gasteiger partial charge in [-0.25, -0.2) is 4.98 Å². The number of pyridine rings is 1. The zero-order valence-corrected chi connectivity index (χ0v) is 21.9. The molecule has 0 aromatic carbocycles. The summed E-state index contributed by atoms with van der Waals surface area (Å²) < 4.78 is 7.65. The number of rotatable bonds is 11. The predicted molar refractivity (Wildman–Crippen MR) is 142 cm³/mol. The summed E-state index contributed by atoms with van der Waals surface area (Å²) in [7, 11) is 1.70. The number of aliphatic hydroxyl groups excluding tert-OH is 1. The number of methoxy groups -OCH3 is 1. The highest BCUT2D eigenvalue weighted by Crippen LogP contribution is 2.32. The van der Waals surface area contributed by atoms with Crippen molar-refractivity contribution in [3.05, 3.63) is 29.7 Å². The van der Waals surface area contributed by atoms with Gasteiger partial charge >= 0.3 is 0 Å². The van der Waals surface area contributed by atoms with E-state index in [4.69, 9.17) is 15.5 Å². The van der Waals surface area contributed by atoms with Crippen molar-refractivity contribution < 1.29 is 9.84 Å². The molecule has 0 spiro atoms. The van der Waals surface area contributed by atoms with Crippen molar-refractivity contribution in [2.75, 3.05) is 37.9 Å². The van der Waals surface area contributed by atoms with Crippen LogP contribution < -0.4 is 15.8 Å². The van der Waals surface area contributed by atoms with Crippen molar-refractivity contribution in [3.63, 3.8) is 0 Å². The van der Waals surface area contributed by atoms with Gasteiger partial charge in [-0.3, -0.25) is 9.67 Å². The Morgan fingerprint density at radius 2 is 1.97 bits per heavy atom. The van der Waals surface area contributed by atoms with Gasteiger partial charge in [0.15, 0.2) is 5.82 Å². The molecule has 3 aromatic heterocycles. The molecule has 1 fully saturated rings. The van der Waals surface area contributed by atoms with Gasteiger partial charge in [0.05, 0.1) is 19.9 Å². The fourth-order valence-corrected chi connectivity index (χ4v) is 5.11. The van der Waals surface area contributed by atoms with Crippen molar-refractivity contribution in [1.82, 2.24) is 29.6 Å². The first-order chi connectivity index (χ1) is 17.4. The molecule has 1 aliphatic heterocycles. The van der Waals surface area contributed by atoms with Gasteiger partial charge in [0, 0.05) is 48.1 Å². The minimum atomic E-state index is 0.0819. The maximum Gasteiger partial charge on any atom is 0.222 e. The molecule has 4 N–H and O–H groups in total. The predicted octanol–water partition coefficient (Wildman–Crippen LogP) is 3.41. The number of piperidine rings is 1. The van der Waals surface area contributed by atoms with Crippen LogP contribution in [-0.2, 0) is 6.54 Å². The molecule has 0 radical (unpaired) electrons. The van der Waals surface area contributed by atoms with E-state index in [0.717, 1.165) is 61.3 Å². The molecule has 0 saturated carbocycles.